The second-order valence-electron chi connectivity index (χ2n) is 2.08. The van der Waals surface area contributed by atoms with Gasteiger partial charge in [0.1, 0.15) is 8.39 Å². The summed E-state index contributed by atoms with van der Waals surface area (Å²) in [5, 5.41) is 1.03. The molecule has 1 aromatic heterocycles. The Morgan fingerprint density at radius 3 is 2.55 bits per heavy atom. The van der Waals surface area contributed by atoms with E-state index in [0.29, 0.717) is 0 Å². The summed E-state index contributed by atoms with van der Waals surface area (Å²) in [6.45, 7) is 3.08. The van der Waals surface area contributed by atoms with Crippen LogP contribution in [0, 0.1) is 0 Å². The van der Waals surface area contributed by atoms with E-state index < -0.39 is 0 Å². The Kier molecular flexibility index (Phi) is 3.33. The Balaban J connectivity index is 2.88. The lowest BCUT2D eigenvalue weighted by Gasteiger charge is -2.10. The maximum atomic E-state index is 4.30. The van der Waals surface area contributed by atoms with Gasteiger partial charge in [-0.25, -0.2) is 4.98 Å². The molecule has 0 saturated heterocycles. The van der Waals surface area contributed by atoms with E-state index in [1.165, 1.54) is 0 Å². The molecule has 0 aliphatic rings. The number of halogens is 2. The minimum atomic E-state index is 0.887. The second kappa shape index (κ2) is 3.87. The average Bonchev–Trinajstić information content (AvgIpc) is 2.31. The van der Waals surface area contributed by atoms with E-state index >= 15 is 0 Å². The second-order valence-corrected chi connectivity index (χ2v) is 5.12. The fourth-order valence-electron chi connectivity index (χ4n) is 0.572. The van der Waals surface area contributed by atoms with E-state index in [-0.39, 0.29) is 0 Å². The monoisotopic (exact) mass is 298 g/mol. The van der Waals surface area contributed by atoms with Crippen molar-refractivity contribution in [3.05, 3.63) is 8.39 Å². The van der Waals surface area contributed by atoms with Crippen LogP contribution in [0.2, 0.25) is 0 Å². The number of hydrogen-bond donors (Lipinski definition) is 0. The molecule has 2 nitrogen and oxygen atoms in total. The molecule has 1 rings (SSSR count). The smallest absolute Gasteiger partial charge is 0.187 e. The van der Waals surface area contributed by atoms with E-state index in [0.717, 1.165) is 20.1 Å². The number of rotatable bonds is 2. The van der Waals surface area contributed by atoms with E-state index in [4.69, 9.17) is 0 Å². The Bertz CT molecular complexity index is 229. The van der Waals surface area contributed by atoms with Crippen LogP contribution in [0.25, 0.3) is 0 Å². The van der Waals surface area contributed by atoms with Crippen molar-refractivity contribution in [1.29, 1.82) is 0 Å². The average molecular weight is 300 g/mol. The fraction of sp³-hybridized carbons (Fsp3) is 0.500. The maximum Gasteiger partial charge on any atom is 0.187 e. The van der Waals surface area contributed by atoms with E-state index in [1.807, 2.05) is 7.05 Å². The van der Waals surface area contributed by atoms with Gasteiger partial charge in [-0.05, 0) is 38.8 Å². The van der Waals surface area contributed by atoms with Gasteiger partial charge >= 0.3 is 0 Å². The van der Waals surface area contributed by atoms with Crippen molar-refractivity contribution in [2.45, 2.75) is 6.92 Å². The molecule has 0 saturated carbocycles. The number of aromatic nitrogens is 1. The SMILES string of the molecule is CCN(C)c1nc(Br)c(Br)s1. The van der Waals surface area contributed by atoms with Crippen molar-refractivity contribution < 1.29 is 0 Å². The standard InChI is InChI=1S/C6H8Br2N2S/c1-3-10(2)6-9-4(7)5(8)11-6/h3H2,1-2H3. The van der Waals surface area contributed by atoms with Crippen LogP contribution in [0.1, 0.15) is 6.92 Å². The minimum Gasteiger partial charge on any atom is -0.351 e. The van der Waals surface area contributed by atoms with Gasteiger partial charge in [0.2, 0.25) is 0 Å². The third kappa shape index (κ3) is 2.16. The summed E-state index contributed by atoms with van der Waals surface area (Å²) in [7, 11) is 2.03. The highest BCUT2D eigenvalue weighted by atomic mass is 79.9. The molecular weight excluding hydrogens is 292 g/mol. The van der Waals surface area contributed by atoms with Crippen molar-refractivity contribution in [2.24, 2.45) is 0 Å². The van der Waals surface area contributed by atoms with Gasteiger partial charge in [0, 0.05) is 13.6 Å². The van der Waals surface area contributed by atoms with Gasteiger partial charge in [-0.3, -0.25) is 0 Å². The lowest BCUT2D eigenvalue weighted by atomic mass is 10.7. The Hall–Kier alpha value is 0.390. The van der Waals surface area contributed by atoms with E-state index in [1.54, 1.807) is 11.3 Å². The predicted molar refractivity (Wildman–Crippen MR) is 56.5 cm³/mol. The molecule has 0 N–H and O–H groups in total. The molecule has 1 heterocycles. The predicted octanol–water partition coefficient (Wildman–Crippen LogP) is 3.12. The van der Waals surface area contributed by atoms with Crippen LogP contribution in [0.5, 0.6) is 0 Å². The van der Waals surface area contributed by atoms with Gasteiger partial charge < -0.3 is 4.90 Å². The van der Waals surface area contributed by atoms with Crippen molar-refractivity contribution in [2.75, 3.05) is 18.5 Å². The third-order valence-corrected chi connectivity index (χ3v) is 4.53. The summed E-state index contributed by atoms with van der Waals surface area (Å²) < 4.78 is 1.94. The molecule has 0 aromatic carbocycles. The largest absolute Gasteiger partial charge is 0.351 e. The minimum absolute atomic E-state index is 0.887. The van der Waals surface area contributed by atoms with Crippen LogP contribution < -0.4 is 4.90 Å². The molecular formula is C6H8Br2N2S. The molecule has 0 amide bonds. The molecule has 5 heteroatoms. The van der Waals surface area contributed by atoms with Crippen LogP contribution >= 0.6 is 43.2 Å². The summed E-state index contributed by atoms with van der Waals surface area (Å²) in [5.41, 5.74) is 0. The molecule has 0 bridgehead atoms. The van der Waals surface area contributed by atoms with Gasteiger partial charge in [0.15, 0.2) is 5.13 Å². The molecule has 0 spiro atoms. The first-order valence-electron chi connectivity index (χ1n) is 3.18. The van der Waals surface area contributed by atoms with Crippen LogP contribution in [0.3, 0.4) is 0 Å². The summed E-state index contributed by atoms with van der Waals surface area (Å²) in [6, 6.07) is 0. The van der Waals surface area contributed by atoms with Crippen LogP contribution in [0.15, 0.2) is 8.39 Å². The lowest BCUT2D eigenvalue weighted by molar-refractivity contribution is 0.955. The van der Waals surface area contributed by atoms with Crippen LogP contribution in [-0.2, 0) is 0 Å². The zero-order valence-corrected chi connectivity index (χ0v) is 10.3. The van der Waals surface area contributed by atoms with Gasteiger partial charge in [-0.1, -0.05) is 11.3 Å². The number of nitrogens with zero attached hydrogens (tertiary/aromatic N) is 2. The maximum absolute atomic E-state index is 4.30. The molecule has 0 radical (unpaired) electrons. The summed E-state index contributed by atoms with van der Waals surface area (Å²) in [6.07, 6.45) is 0. The summed E-state index contributed by atoms with van der Waals surface area (Å²) in [5.74, 6) is 0. The zero-order valence-electron chi connectivity index (χ0n) is 6.27. The molecule has 0 aliphatic heterocycles. The van der Waals surface area contributed by atoms with Gasteiger partial charge in [-0.2, -0.15) is 0 Å². The van der Waals surface area contributed by atoms with E-state index in [9.17, 15) is 0 Å². The molecule has 0 fully saturated rings. The Labute approximate surface area is 86.9 Å². The number of thiazole rings is 1. The zero-order chi connectivity index (χ0) is 8.43. The van der Waals surface area contributed by atoms with Crippen molar-refractivity contribution in [1.82, 2.24) is 4.98 Å². The van der Waals surface area contributed by atoms with E-state index in [2.05, 4.69) is 48.7 Å². The molecule has 11 heavy (non-hydrogen) atoms. The molecule has 1 aromatic rings. The number of anilines is 1. The summed E-state index contributed by atoms with van der Waals surface area (Å²) in [4.78, 5) is 6.39. The van der Waals surface area contributed by atoms with Crippen molar-refractivity contribution in [3.8, 4) is 0 Å². The first-order chi connectivity index (χ1) is 5.15. The topological polar surface area (TPSA) is 16.1 Å². The highest BCUT2D eigenvalue weighted by molar-refractivity contribution is 9.13. The van der Waals surface area contributed by atoms with Crippen LogP contribution in [0.4, 0.5) is 5.13 Å². The fourth-order valence-corrected chi connectivity index (χ4v) is 2.33. The Morgan fingerprint density at radius 1 is 1.55 bits per heavy atom. The van der Waals surface area contributed by atoms with Gasteiger partial charge in [-0.15, -0.1) is 0 Å². The van der Waals surface area contributed by atoms with Gasteiger partial charge in [0.05, 0.1) is 0 Å². The number of hydrogen-bond acceptors (Lipinski definition) is 3. The third-order valence-electron chi connectivity index (χ3n) is 1.34. The molecule has 0 aliphatic carbocycles. The van der Waals surface area contributed by atoms with Crippen LogP contribution in [-0.4, -0.2) is 18.6 Å². The quantitative estimate of drug-likeness (QED) is 0.834. The molecule has 62 valence electrons. The molecule has 0 atom stereocenters. The van der Waals surface area contributed by atoms with Gasteiger partial charge in [0.25, 0.3) is 0 Å². The highest BCUT2D eigenvalue weighted by Gasteiger charge is 2.07. The first-order valence-corrected chi connectivity index (χ1v) is 5.58. The first kappa shape index (κ1) is 9.48. The summed E-state index contributed by atoms with van der Waals surface area (Å²) >= 11 is 8.37. The highest BCUT2D eigenvalue weighted by Crippen LogP contribution is 2.33. The van der Waals surface area contributed by atoms with Crippen molar-refractivity contribution >= 4 is 48.3 Å². The molecule has 0 unspecified atom stereocenters. The Morgan fingerprint density at radius 2 is 2.18 bits per heavy atom. The van der Waals surface area contributed by atoms with Crippen molar-refractivity contribution in [3.63, 3.8) is 0 Å². The normalized spacial score (nSPS) is 10.2. The lowest BCUT2D eigenvalue weighted by Crippen LogP contribution is -2.15.